The number of hydrogen-bond donors (Lipinski definition) is 3. The summed E-state index contributed by atoms with van der Waals surface area (Å²) in [6.45, 7) is 0.309. The van der Waals surface area contributed by atoms with Crippen molar-refractivity contribution in [3.8, 4) is 5.75 Å². The molecule has 0 atom stereocenters. The molecule has 3 N–H and O–H groups in total. The Morgan fingerprint density at radius 3 is 3.04 bits per heavy atom. The summed E-state index contributed by atoms with van der Waals surface area (Å²) in [5.74, 6) is -0.119. The number of carbonyl (C=O) groups excluding carboxylic acids is 1. The van der Waals surface area contributed by atoms with Crippen molar-refractivity contribution in [1.29, 1.82) is 0 Å². The van der Waals surface area contributed by atoms with E-state index in [-0.39, 0.29) is 11.7 Å². The molecule has 2 aromatic carbocycles. The van der Waals surface area contributed by atoms with E-state index in [9.17, 15) is 9.90 Å². The van der Waals surface area contributed by atoms with E-state index in [0.29, 0.717) is 12.2 Å². The molecule has 4 rings (SSSR count). The standard InChI is InChI=1S/C16H12N5O2/c22-10-3-1-2-9(6-10)7-17-16(23)15-11-4-5-13-12(8-18-19-13)14(11)20-21-15/h1-6,8,22H,7H2,(H,17,23)(H,20,21). The maximum Gasteiger partial charge on any atom is 0.272 e. The van der Waals surface area contributed by atoms with Gasteiger partial charge in [0.2, 0.25) is 0 Å². The van der Waals surface area contributed by atoms with Crippen LogP contribution in [0.4, 0.5) is 5.69 Å². The number of phenolic OH excluding ortho intramolecular Hbond substituents is 1. The molecule has 7 nitrogen and oxygen atoms in total. The fraction of sp³-hybridized carbons (Fsp3) is 0.0625. The van der Waals surface area contributed by atoms with Crippen LogP contribution in [0.3, 0.4) is 0 Å². The van der Waals surface area contributed by atoms with Gasteiger partial charge in [-0.2, -0.15) is 15.6 Å². The van der Waals surface area contributed by atoms with E-state index in [1.165, 1.54) is 0 Å². The highest BCUT2D eigenvalue weighted by atomic mass is 16.3. The minimum atomic E-state index is -0.286. The summed E-state index contributed by atoms with van der Waals surface area (Å²) < 4.78 is 0. The molecule has 3 aromatic rings. The molecule has 0 unspecified atom stereocenters. The Labute approximate surface area is 131 Å². The van der Waals surface area contributed by atoms with Gasteiger partial charge in [0.1, 0.15) is 5.75 Å². The van der Waals surface area contributed by atoms with Crippen LogP contribution in [0.5, 0.6) is 5.75 Å². The molecule has 0 bridgehead atoms. The fourth-order valence-corrected chi connectivity index (χ4v) is 2.57. The van der Waals surface area contributed by atoms with E-state index in [2.05, 4.69) is 26.0 Å². The van der Waals surface area contributed by atoms with Crippen LogP contribution in [0.1, 0.15) is 21.6 Å². The van der Waals surface area contributed by atoms with Crippen LogP contribution in [0.15, 0.2) is 41.5 Å². The SMILES string of the molecule is O=C(NCc1cccc(O)c1)c1n[nH]c2c3c(ccc12)[N]N=C3. The third-order valence-corrected chi connectivity index (χ3v) is 3.69. The Bertz CT molecular complexity index is 945. The topological polar surface area (TPSA) is 104 Å². The van der Waals surface area contributed by atoms with Crippen molar-refractivity contribution in [3.05, 3.63) is 53.2 Å². The summed E-state index contributed by atoms with van der Waals surface area (Å²) in [5, 5.41) is 23.8. The summed E-state index contributed by atoms with van der Waals surface area (Å²) in [6, 6.07) is 10.4. The monoisotopic (exact) mass is 306 g/mol. The maximum absolute atomic E-state index is 12.4. The highest BCUT2D eigenvalue weighted by Gasteiger charge is 2.19. The van der Waals surface area contributed by atoms with Gasteiger partial charge in [-0.3, -0.25) is 9.89 Å². The number of carbonyl (C=O) groups is 1. The van der Waals surface area contributed by atoms with Gasteiger partial charge in [-0.1, -0.05) is 12.1 Å². The number of hydrogen-bond acceptors (Lipinski definition) is 4. The number of aromatic hydroxyl groups is 1. The summed E-state index contributed by atoms with van der Waals surface area (Å²) in [7, 11) is 0. The molecule has 23 heavy (non-hydrogen) atoms. The van der Waals surface area contributed by atoms with Crippen molar-refractivity contribution in [3.63, 3.8) is 0 Å². The number of nitrogens with one attached hydrogen (secondary N) is 2. The van der Waals surface area contributed by atoms with E-state index < -0.39 is 0 Å². The first-order valence-electron chi connectivity index (χ1n) is 7.03. The summed E-state index contributed by atoms with van der Waals surface area (Å²) in [5.41, 5.74) is 7.46. The second-order valence-corrected chi connectivity index (χ2v) is 5.19. The third-order valence-electron chi connectivity index (χ3n) is 3.69. The van der Waals surface area contributed by atoms with Gasteiger partial charge in [0.25, 0.3) is 5.91 Å². The molecule has 1 aromatic heterocycles. The van der Waals surface area contributed by atoms with Gasteiger partial charge in [-0.25, -0.2) is 0 Å². The molecule has 0 saturated heterocycles. The minimum Gasteiger partial charge on any atom is -0.508 e. The van der Waals surface area contributed by atoms with E-state index >= 15 is 0 Å². The number of amides is 1. The van der Waals surface area contributed by atoms with Gasteiger partial charge in [0, 0.05) is 17.5 Å². The van der Waals surface area contributed by atoms with Crippen LogP contribution in [0, 0.1) is 0 Å². The van der Waals surface area contributed by atoms with E-state index in [0.717, 1.165) is 27.7 Å². The highest BCUT2D eigenvalue weighted by Crippen LogP contribution is 2.28. The molecule has 1 radical (unpaired) electrons. The van der Waals surface area contributed by atoms with Crippen molar-refractivity contribution >= 4 is 28.7 Å². The summed E-state index contributed by atoms with van der Waals surface area (Å²) >= 11 is 0. The lowest BCUT2D eigenvalue weighted by atomic mass is 10.1. The number of aromatic nitrogens is 2. The predicted octanol–water partition coefficient (Wildman–Crippen LogP) is 1.78. The number of rotatable bonds is 3. The predicted molar refractivity (Wildman–Crippen MR) is 84.8 cm³/mol. The number of fused-ring (bicyclic) bond motifs is 3. The van der Waals surface area contributed by atoms with Crippen molar-refractivity contribution in [2.45, 2.75) is 6.54 Å². The largest absolute Gasteiger partial charge is 0.508 e. The van der Waals surface area contributed by atoms with Crippen molar-refractivity contribution in [2.75, 3.05) is 0 Å². The average molecular weight is 306 g/mol. The van der Waals surface area contributed by atoms with Gasteiger partial charge in [-0.05, 0) is 29.8 Å². The Morgan fingerprint density at radius 2 is 2.17 bits per heavy atom. The lowest BCUT2D eigenvalue weighted by Crippen LogP contribution is -2.23. The lowest BCUT2D eigenvalue weighted by molar-refractivity contribution is 0.0947. The zero-order valence-corrected chi connectivity index (χ0v) is 11.9. The first kappa shape index (κ1) is 13.3. The van der Waals surface area contributed by atoms with E-state index in [1.807, 2.05) is 12.1 Å². The lowest BCUT2D eigenvalue weighted by Gasteiger charge is -2.04. The zero-order valence-electron chi connectivity index (χ0n) is 11.9. The second-order valence-electron chi connectivity index (χ2n) is 5.19. The quantitative estimate of drug-likeness (QED) is 0.687. The molecule has 0 spiro atoms. The normalized spacial score (nSPS) is 12.2. The third kappa shape index (κ3) is 2.28. The molecule has 7 heteroatoms. The maximum atomic E-state index is 12.4. The van der Waals surface area contributed by atoms with Gasteiger partial charge in [-0.15, -0.1) is 0 Å². The molecule has 113 valence electrons. The number of benzene rings is 2. The van der Waals surface area contributed by atoms with Crippen LogP contribution in [-0.2, 0) is 6.54 Å². The van der Waals surface area contributed by atoms with Crippen LogP contribution in [0.25, 0.3) is 10.9 Å². The number of H-pyrrole nitrogens is 1. The van der Waals surface area contributed by atoms with E-state index in [4.69, 9.17) is 0 Å². The molecule has 2 heterocycles. The number of nitrogens with zero attached hydrogens (tertiary/aromatic N) is 3. The molecular formula is C16H12N5O2. The van der Waals surface area contributed by atoms with Crippen LogP contribution >= 0.6 is 0 Å². The Kier molecular flexibility index (Phi) is 2.97. The fourth-order valence-electron chi connectivity index (χ4n) is 2.57. The average Bonchev–Trinajstić information content (AvgIpc) is 3.18. The first-order chi connectivity index (χ1) is 11.2. The molecule has 0 saturated carbocycles. The summed E-state index contributed by atoms with van der Waals surface area (Å²) in [6.07, 6.45) is 1.64. The van der Waals surface area contributed by atoms with Crippen LogP contribution in [-0.4, -0.2) is 27.4 Å². The minimum absolute atomic E-state index is 0.167. The zero-order chi connectivity index (χ0) is 15.8. The van der Waals surface area contributed by atoms with Gasteiger partial charge in [0.05, 0.1) is 17.4 Å². The molecular weight excluding hydrogens is 294 g/mol. The molecule has 1 amide bonds. The second kappa shape index (κ2) is 5.13. The van der Waals surface area contributed by atoms with Crippen molar-refractivity contribution in [2.24, 2.45) is 5.10 Å². The van der Waals surface area contributed by atoms with Crippen LogP contribution in [0.2, 0.25) is 0 Å². The van der Waals surface area contributed by atoms with E-state index in [1.54, 1.807) is 30.5 Å². The Hall–Kier alpha value is -3.35. The molecule has 0 aliphatic carbocycles. The summed E-state index contributed by atoms with van der Waals surface area (Å²) in [4.78, 5) is 12.4. The Morgan fingerprint density at radius 1 is 1.26 bits per heavy atom. The smallest absolute Gasteiger partial charge is 0.272 e. The van der Waals surface area contributed by atoms with Crippen molar-refractivity contribution < 1.29 is 9.90 Å². The molecule has 1 aliphatic rings. The van der Waals surface area contributed by atoms with Gasteiger partial charge < -0.3 is 10.4 Å². The number of phenols is 1. The van der Waals surface area contributed by atoms with Gasteiger partial charge >= 0.3 is 0 Å². The van der Waals surface area contributed by atoms with Crippen LogP contribution < -0.4 is 10.7 Å². The van der Waals surface area contributed by atoms with Crippen molar-refractivity contribution in [1.82, 2.24) is 20.9 Å². The first-order valence-corrected chi connectivity index (χ1v) is 7.03. The molecule has 0 fully saturated rings. The Balaban J connectivity index is 1.59. The highest BCUT2D eigenvalue weighted by molar-refractivity contribution is 6.11. The van der Waals surface area contributed by atoms with Gasteiger partial charge in [0.15, 0.2) is 5.69 Å². The number of aromatic amines is 1. The molecule has 1 aliphatic heterocycles.